The summed E-state index contributed by atoms with van der Waals surface area (Å²) < 4.78 is 41.1. The Kier molecular flexibility index (Phi) is 8.62. The van der Waals surface area contributed by atoms with Crippen molar-refractivity contribution in [3.05, 3.63) is 71.6 Å². The van der Waals surface area contributed by atoms with Crippen LogP contribution in [0.1, 0.15) is 15.9 Å². The van der Waals surface area contributed by atoms with Gasteiger partial charge in [-0.2, -0.15) is 0 Å². The molecule has 3 aromatic carbocycles. The lowest BCUT2D eigenvalue weighted by Crippen LogP contribution is -2.20. The van der Waals surface area contributed by atoms with Gasteiger partial charge in [0.15, 0.2) is 40.5 Å². The van der Waals surface area contributed by atoms with Crippen LogP contribution in [0, 0.1) is 5.82 Å². The van der Waals surface area contributed by atoms with Crippen molar-refractivity contribution in [2.75, 3.05) is 40.4 Å². The van der Waals surface area contributed by atoms with Gasteiger partial charge in [-0.05, 0) is 48.0 Å². The highest BCUT2D eigenvalue weighted by atomic mass is 32.1. The molecule has 0 saturated carbocycles. The van der Waals surface area contributed by atoms with E-state index < -0.39 is 11.7 Å². The van der Waals surface area contributed by atoms with Gasteiger partial charge in [0.2, 0.25) is 5.75 Å². The van der Waals surface area contributed by atoms with E-state index in [1.54, 1.807) is 42.5 Å². The number of anilines is 1. The first-order chi connectivity index (χ1) is 18.8. The molecule has 1 heterocycles. The van der Waals surface area contributed by atoms with Crippen molar-refractivity contribution in [3.8, 4) is 28.7 Å². The first kappa shape index (κ1) is 27.4. The van der Waals surface area contributed by atoms with Crippen LogP contribution < -0.4 is 29.0 Å². The average molecular weight is 553 g/mol. The molecule has 1 N–H and O–H groups in total. The molecule has 0 atom stereocenters. The lowest BCUT2D eigenvalue weighted by molar-refractivity contribution is -0.118. The summed E-state index contributed by atoms with van der Waals surface area (Å²) in [5.41, 5.74) is 1.44. The number of aromatic nitrogens is 1. The smallest absolute Gasteiger partial charge is 0.264 e. The number of halogens is 1. The van der Waals surface area contributed by atoms with E-state index in [1.165, 1.54) is 58.0 Å². The number of amides is 1. The van der Waals surface area contributed by atoms with E-state index in [1.807, 2.05) is 0 Å². The summed E-state index contributed by atoms with van der Waals surface area (Å²) in [5, 5.41) is 2.98. The standard InChI is InChI=1S/C28H25FN2O7S/c1-34-21-9-6-16(5-8-20(32)17-12-23(35-2)27(37-4)24(13-17)36-3)11-22(21)38-15-26(33)31-28-30-19-14-18(29)7-10-25(19)39-28/h5-14H,15H2,1-4H3,(H,30,31,33)/b8-5+. The molecule has 0 saturated heterocycles. The molecule has 4 aromatic rings. The molecule has 39 heavy (non-hydrogen) atoms. The number of methoxy groups -OCH3 is 4. The third kappa shape index (κ3) is 6.44. The summed E-state index contributed by atoms with van der Waals surface area (Å²) in [4.78, 5) is 29.5. The van der Waals surface area contributed by atoms with Crippen molar-refractivity contribution in [3.63, 3.8) is 0 Å². The summed E-state index contributed by atoms with van der Waals surface area (Å²) >= 11 is 1.23. The molecule has 1 amide bonds. The summed E-state index contributed by atoms with van der Waals surface area (Å²) in [5.74, 6) is 0.694. The molecule has 0 aliphatic heterocycles. The Hall–Kier alpha value is -4.64. The molecule has 0 radical (unpaired) electrons. The van der Waals surface area contributed by atoms with Crippen molar-refractivity contribution in [1.82, 2.24) is 4.98 Å². The van der Waals surface area contributed by atoms with Crippen LogP contribution in [0.3, 0.4) is 0 Å². The van der Waals surface area contributed by atoms with Gasteiger partial charge in [0.05, 0.1) is 38.7 Å². The molecule has 11 heteroatoms. The minimum Gasteiger partial charge on any atom is -0.493 e. The lowest BCUT2D eigenvalue weighted by Gasteiger charge is -2.13. The highest BCUT2D eigenvalue weighted by molar-refractivity contribution is 7.22. The monoisotopic (exact) mass is 552 g/mol. The van der Waals surface area contributed by atoms with E-state index in [0.717, 1.165) is 4.70 Å². The van der Waals surface area contributed by atoms with Crippen molar-refractivity contribution in [2.24, 2.45) is 0 Å². The van der Waals surface area contributed by atoms with Crippen molar-refractivity contribution in [1.29, 1.82) is 0 Å². The minimum absolute atomic E-state index is 0.289. The Morgan fingerprint density at radius 1 is 0.897 bits per heavy atom. The molecule has 0 fully saturated rings. The molecule has 0 bridgehead atoms. The maximum absolute atomic E-state index is 13.4. The maximum Gasteiger partial charge on any atom is 0.264 e. The number of rotatable bonds is 11. The fraction of sp³-hybridized carbons (Fsp3) is 0.179. The minimum atomic E-state index is -0.449. The van der Waals surface area contributed by atoms with Crippen molar-refractivity contribution >= 4 is 44.5 Å². The van der Waals surface area contributed by atoms with E-state index in [2.05, 4.69) is 10.3 Å². The van der Waals surface area contributed by atoms with Crippen LogP contribution in [0.2, 0.25) is 0 Å². The van der Waals surface area contributed by atoms with E-state index in [0.29, 0.717) is 50.5 Å². The normalized spacial score (nSPS) is 10.9. The number of hydrogen-bond acceptors (Lipinski definition) is 9. The van der Waals surface area contributed by atoms with Gasteiger partial charge in [0.1, 0.15) is 5.82 Å². The zero-order valence-corrected chi connectivity index (χ0v) is 22.4. The number of fused-ring (bicyclic) bond motifs is 1. The van der Waals surface area contributed by atoms with Gasteiger partial charge in [-0.25, -0.2) is 9.37 Å². The van der Waals surface area contributed by atoms with E-state index in [-0.39, 0.29) is 12.4 Å². The summed E-state index contributed by atoms with van der Waals surface area (Å²) in [6.45, 7) is -0.321. The van der Waals surface area contributed by atoms with Gasteiger partial charge in [0.25, 0.3) is 5.91 Å². The van der Waals surface area contributed by atoms with Crippen molar-refractivity contribution < 1.29 is 37.7 Å². The second-order valence-corrected chi connectivity index (χ2v) is 9.02. The van der Waals surface area contributed by atoms with Crippen LogP contribution in [0.15, 0.2) is 54.6 Å². The first-order valence-corrected chi connectivity index (χ1v) is 12.4. The fourth-order valence-corrected chi connectivity index (χ4v) is 4.52. The van der Waals surface area contributed by atoms with Crippen LogP contribution in [-0.2, 0) is 4.79 Å². The van der Waals surface area contributed by atoms with E-state index in [9.17, 15) is 14.0 Å². The third-order valence-electron chi connectivity index (χ3n) is 5.52. The topological polar surface area (TPSA) is 105 Å². The van der Waals surface area contributed by atoms with Crippen LogP contribution >= 0.6 is 11.3 Å². The van der Waals surface area contributed by atoms with Crippen LogP contribution in [0.5, 0.6) is 28.7 Å². The highest BCUT2D eigenvalue weighted by Gasteiger charge is 2.16. The molecule has 9 nitrogen and oxygen atoms in total. The van der Waals surface area contributed by atoms with Crippen molar-refractivity contribution in [2.45, 2.75) is 0 Å². The predicted octanol–water partition coefficient (Wildman–Crippen LogP) is 5.38. The zero-order valence-electron chi connectivity index (χ0n) is 21.6. The van der Waals surface area contributed by atoms with Gasteiger partial charge >= 0.3 is 0 Å². The number of nitrogens with one attached hydrogen (secondary N) is 1. The predicted molar refractivity (Wildman–Crippen MR) is 146 cm³/mol. The zero-order chi connectivity index (χ0) is 27.9. The number of ether oxygens (including phenoxy) is 5. The Bertz CT molecular complexity index is 1530. The first-order valence-electron chi connectivity index (χ1n) is 11.5. The highest BCUT2D eigenvalue weighted by Crippen LogP contribution is 2.38. The number of nitrogens with zero attached hydrogens (tertiary/aromatic N) is 1. The van der Waals surface area contributed by atoms with Gasteiger partial charge in [-0.1, -0.05) is 23.5 Å². The fourth-order valence-electron chi connectivity index (χ4n) is 3.65. The molecule has 1 aromatic heterocycles. The number of benzene rings is 3. The number of carbonyl (C=O) groups is 2. The Balaban J connectivity index is 1.45. The molecule has 0 spiro atoms. The van der Waals surface area contributed by atoms with Crippen LogP contribution in [-0.4, -0.2) is 51.7 Å². The summed E-state index contributed by atoms with van der Waals surface area (Å²) in [7, 11) is 5.91. The maximum atomic E-state index is 13.4. The average Bonchev–Trinajstić information content (AvgIpc) is 3.34. The van der Waals surface area contributed by atoms with Gasteiger partial charge < -0.3 is 23.7 Å². The quantitative estimate of drug-likeness (QED) is 0.195. The largest absolute Gasteiger partial charge is 0.493 e. The third-order valence-corrected chi connectivity index (χ3v) is 6.47. The number of hydrogen-bond donors (Lipinski definition) is 1. The van der Waals surface area contributed by atoms with E-state index >= 15 is 0 Å². The molecule has 0 unspecified atom stereocenters. The summed E-state index contributed by atoms with van der Waals surface area (Å²) in [6.07, 6.45) is 3.01. The number of carbonyl (C=O) groups excluding carboxylic acids is 2. The SMILES string of the molecule is COc1ccc(/C=C/C(=O)c2cc(OC)c(OC)c(OC)c2)cc1OCC(=O)Nc1nc2cc(F)ccc2s1. The van der Waals surface area contributed by atoms with Crippen LogP contribution in [0.4, 0.5) is 9.52 Å². The van der Waals surface area contributed by atoms with Gasteiger partial charge in [-0.3, -0.25) is 14.9 Å². The summed E-state index contributed by atoms with van der Waals surface area (Å²) in [6, 6.07) is 12.4. The molecular weight excluding hydrogens is 527 g/mol. The Labute approximate surface area is 227 Å². The molecule has 0 aliphatic carbocycles. The van der Waals surface area contributed by atoms with E-state index in [4.69, 9.17) is 23.7 Å². The second-order valence-electron chi connectivity index (χ2n) is 7.99. The molecule has 0 aliphatic rings. The molecular formula is C28H25FN2O7S. The lowest BCUT2D eigenvalue weighted by atomic mass is 10.1. The number of ketones is 1. The van der Waals surface area contributed by atoms with Crippen LogP contribution in [0.25, 0.3) is 16.3 Å². The van der Waals surface area contributed by atoms with Gasteiger partial charge in [0, 0.05) is 11.6 Å². The number of thiazole rings is 1. The Morgan fingerprint density at radius 3 is 2.28 bits per heavy atom. The molecule has 202 valence electrons. The molecule has 4 rings (SSSR count). The second kappa shape index (κ2) is 12.3. The number of allylic oxidation sites excluding steroid dienone is 1. The Morgan fingerprint density at radius 2 is 1.62 bits per heavy atom. The van der Waals surface area contributed by atoms with Gasteiger partial charge in [-0.15, -0.1) is 0 Å².